The summed E-state index contributed by atoms with van der Waals surface area (Å²) in [6.45, 7) is 6.97. The molecule has 2 amide bonds. The van der Waals surface area contributed by atoms with Gasteiger partial charge in [-0.2, -0.15) is 0 Å². The van der Waals surface area contributed by atoms with Crippen LogP contribution in [-0.4, -0.2) is 11.8 Å². The van der Waals surface area contributed by atoms with Gasteiger partial charge in [0, 0.05) is 10.7 Å². The number of hydrogen-bond acceptors (Lipinski definition) is 2. The molecule has 132 valence electrons. The topological polar surface area (TPSA) is 58.2 Å². The number of rotatable bonds is 5. The van der Waals surface area contributed by atoms with Gasteiger partial charge < -0.3 is 10.6 Å². The maximum Gasteiger partial charge on any atom is 0.239 e. The molecule has 2 aromatic rings. The first-order valence-electron chi connectivity index (χ1n) is 8.15. The number of amides is 2. The standard InChI is InChI=1S/C20H23ClN2O2/c1-13-12-16(21)10-11-17(13)23-19(25)20(3,4)18(24)22-14(2)15-8-6-5-7-9-15/h5-12,14H,1-4H3,(H,22,24)(H,23,25). The minimum atomic E-state index is -1.21. The molecule has 0 aromatic heterocycles. The molecule has 2 N–H and O–H groups in total. The van der Waals surface area contributed by atoms with Crippen molar-refractivity contribution in [1.82, 2.24) is 5.32 Å². The van der Waals surface area contributed by atoms with Crippen molar-refractivity contribution < 1.29 is 9.59 Å². The normalized spacial score (nSPS) is 12.4. The second-order valence-corrected chi connectivity index (χ2v) is 7.08. The monoisotopic (exact) mass is 358 g/mol. The lowest BCUT2D eigenvalue weighted by atomic mass is 9.90. The van der Waals surface area contributed by atoms with Gasteiger partial charge in [-0.15, -0.1) is 0 Å². The number of halogens is 1. The summed E-state index contributed by atoms with van der Waals surface area (Å²) in [4.78, 5) is 25.3. The first kappa shape index (κ1) is 19.0. The molecule has 25 heavy (non-hydrogen) atoms. The molecule has 0 spiro atoms. The highest BCUT2D eigenvalue weighted by atomic mass is 35.5. The average molecular weight is 359 g/mol. The highest BCUT2D eigenvalue weighted by molar-refractivity contribution is 6.30. The number of anilines is 1. The van der Waals surface area contributed by atoms with Gasteiger partial charge in [0.25, 0.3) is 0 Å². The van der Waals surface area contributed by atoms with Crippen LogP contribution in [0.3, 0.4) is 0 Å². The molecular formula is C20H23ClN2O2. The molecular weight excluding hydrogens is 336 g/mol. The van der Waals surface area contributed by atoms with E-state index in [9.17, 15) is 9.59 Å². The zero-order valence-corrected chi connectivity index (χ0v) is 15.6. The minimum absolute atomic E-state index is 0.182. The third kappa shape index (κ3) is 4.60. The van der Waals surface area contributed by atoms with Gasteiger partial charge in [0.15, 0.2) is 0 Å². The van der Waals surface area contributed by atoms with E-state index in [1.807, 2.05) is 44.2 Å². The zero-order chi connectivity index (χ0) is 18.6. The van der Waals surface area contributed by atoms with Crippen LogP contribution in [0.4, 0.5) is 5.69 Å². The van der Waals surface area contributed by atoms with Crippen molar-refractivity contribution in [2.75, 3.05) is 5.32 Å². The van der Waals surface area contributed by atoms with Crippen molar-refractivity contribution in [1.29, 1.82) is 0 Å². The lowest BCUT2D eigenvalue weighted by Gasteiger charge is -2.25. The lowest BCUT2D eigenvalue weighted by Crippen LogP contribution is -2.45. The van der Waals surface area contributed by atoms with Crippen molar-refractivity contribution in [3.8, 4) is 0 Å². The largest absolute Gasteiger partial charge is 0.349 e. The van der Waals surface area contributed by atoms with Gasteiger partial charge in [0.05, 0.1) is 6.04 Å². The summed E-state index contributed by atoms with van der Waals surface area (Å²) in [5.41, 5.74) is 1.26. The molecule has 0 aliphatic rings. The highest BCUT2D eigenvalue weighted by Crippen LogP contribution is 2.24. The smallest absolute Gasteiger partial charge is 0.239 e. The molecule has 0 saturated carbocycles. The predicted molar refractivity (Wildman–Crippen MR) is 102 cm³/mol. The molecule has 2 rings (SSSR count). The second-order valence-electron chi connectivity index (χ2n) is 6.64. The van der Waals surface area contributed by atoms with Crippen LogP contribution in [0, 0.1) is 12.3 Å². The van der Waals surface area contributed by atoms with E-state index in [-0.39, 0.29) is 17.9 Å². The van der Waals surface area contributed by atoms with E-state index < -0.39 is 5.41 Å². The van der Waals surface area contributed by atoms with Gasteiger partial charge in [0.1, 0.15) is 5.41 Å². The van der Waals surface area contributed by atoms with Gasteiger partial charge in [-0.3, -0.25) is 9.59 Å². The first-order chi connectivity index (χ1) is 11.7. The van der Waals surface area contributed by atoms with Gasteiger partial charge in [-0.05, 0) is 57.0 Å². The molecule has 1 atom stereocenters. The molecule has 0 radical (unpaired) electrons. The fourth-order valence-electron chi connectivity index (χ4n) is 2.35. The molecule has 0 aliphatic carbocycles. The van der Waals surface area contributed by atoms with E-state index in [0.29, 0.717) is 10.7 Å². The van der Waals surface area contributed by atoms with Crippen molar-refractivity contribution >= 4 is 29.1 Å². The Morgan fingerprint density at radius 3 is 2.28 bits per heavy atom. The molecule has 4 nitrogen and oxygen atoms in total. The van der Waals surface area contributed by atoms with Crippen LogP contribution >= 0.6 is 11.6 Å². The summed E-state index contributed by atoms with van der Waals surface area (Å²) in [5, 5.41) is 6.32. The summed E-state index contributed by atoms with van der Waals surface area (Å²) in [6, 6.07) is 14.6. The number of nitrogens with one attached hydrogen (secondary N) is 2. The van der Waals surface area contributed by atoms with E-state index in [4.69, 9.17) is 11.6 Å². The summed E-state index contributed by atoms with van der Waals surface area (Å²) in [7, 11) is 0. The molecule has 0 heterocycles. The Kier molecular flexibility index (Phi) is 5.85. The van der Waals surface area contributed by atoms with Crippen LogP contribution < -0.4 is 10.6 Å². The fourth-order valence-corrected chi connectivity index (χ4v) is 2.58. The summed E-state index contributed by atoms with van der Waals surface area (Å²) >= 11 is 5.93. The van der Waals surface area contributed by atoms with Crippen molar-refractivity contribution in [3.63, 3.8) is 0 Å². The molecule has 1 unspecified atom stereocenters. The van der Waals surface area contributed by atoms with Crippen LogP contribution in [0.2, 0.25) is 5.02 Å². The second kappa shape index (κ2) is 7.70. The molecule has 0 aliphatic heterocycles. The molecule has 0 fully saturated rings. The SMILES string of the molecule is Cc1cc(Cl)ccc1NC(=O)C(C)(C)C(=O)NC(C)c1ccccc1. The Balaban J connectivity index is 2.08. The summed E-state index contributed by atoms with van der Waals surface area (Å²) in [5.74, 6) is -0.691. The fraction of sp³-hybridized carbons (Fsp3) is 0.300. The number of carbonyl (C=O) groups is 2. The number of aryl methyl sites for hydroxylation is 1. The van der Waals surface area contributed by atoms with E-state index >= 15 is 0 Å². The van der Waals surface area contributed by atoms with E-state index in [2.05, 4.69) is 10.6 Å². The van der Waals surface area contributed by atoms with Crippen molar-refractivity contribution in [3.05, 3.63) is 64.7 Å². The van der Waals surface area contributed by atoms with Gasteiger partial charge in [-0.1, -0.05) is 41.9 Å². The van der Waals surface area contributed by atoms with Gasteiger partial charge >= 0.3 is 0 Å². The van der Waals surface area contributed by atoms with E-state index in [0.717, 1.165) is 11.1 Å². The van der Waals surface area contributed by atoms with Crippen molar-refractivity contribution in [2.45, 2.75) is 33.7 Å². The Labute approximate surface area is 153 Å². The van der Waals surface area contributed by atoms with Gasteiger partial charge in [0.2, 0.25) is 11.8 Å². The Morgan fingerprint density at radius 2 is 1.68 bits per heavy atom. The first-order valence-corrected chi connectivity index (χ1v) is 8.53. The van der Waals surface area contributed by atoms with Crippen LogP contribution in [0.1, 0.15) is 37.9 Å². The van der Waals surface area contributed by atoms with Crippen LogP contribution in [0.25, 0.3) is 0 Å². The number of hydrogen-bond donors (Lipinski definition) is 2. The third-order valence-electron chi connectivity index (χ3n) is 4.22. The van der Waals surface area contributed by atoms with Crippen LogP contribution in [0.15, 0.2) is 48.5 Å². The summed E-state index contributed by atoms with van der Waals surface area (Å²) < 4.78 is 0. The average Bonchev–Trinajstić information content (AvgIpc) is 2.57. The van der Waals surface area contributed by atoms with E-state index in [1.54, 1.807) is 32.0 Å². The van der Waals surface area contributed by atoms with Crippen molar-refractivity contribution in [2.24, 2.45) is 5.41 Å². The highest BCUT2D eigenvalue weighted by Gasteiger charge is 2.37. The minimum Gasteiger partial charge on any atom is -0.349 e. The Morgan fingerprint density at radius 1 is 1.04 bits per heavy atom. The lowest BCUT2D eigenvalue weighted by molar-refractivity contribution is -0.138. The maximum absolute atomic E-state index is 12.6. The number of benzene rings is 2. The van der Waals surface area contributed by atoms with E-state index in [1.165, 1.54) is 0 Å². The van der Waals surface area contributed by atoms with Crippen LogP contribution in [-0.2, 0) is 9.59 Å². The Bertz CT molecular complexity index is 773. The molecule has 0 bridgehead atoms. The third-order valence-corrected chi connectivity index (χ3v) is 4.45. The Hall–Kier alpha value is -2.33. The molecule has 5 heteroatoms. The molecule has 2 aromatic carbocycles. The predicted octanol–water partition coefficient (Wildman–Crippen LogP) is 4.49. The van der Waals surface area contributed by atoms with Gasteiger partial charge in [-0.25, -0.2) is 0 Å². The maximum atomic E-state index is 12.6. The molecule has 0 saturated heterocycles. The summed E-state index contributed by atoms with van der Waals surface area (Å²) in [6.07, 6.45) is 0. The zero-order valence-electron chi connectivity index (χ0n) is 14.9. The quantitative estimate of drug-likeness (QED) is 0.773. The van der Waals surface area contributed by atoms with Crippen LogP contribution in [0.5, 0.6) is 0 Å². The number of carbonyl (C=O) groups excluding carboxylic acids is 2.